The second-order valence-corrected chi connectivity index (χ2v) is 22.5. The van der Waals surface area contributed by atoms with Gasteiger partial charge in [0.1, 0.15) is 7.38 Å². The number of hydrogen-bond donors (Lipinski definition) is 0. The van der Waals surface area contributed by atoms with Gasteiger partial charge < -0.3 is 0 Å². The lowest BCUT2D eigenvalue weighted by Crippen LogP contribution is -2.14. The summed E-state index contributed by atoms with van der Waals surface area (Å²) in [6.45, 7) is 6.80. The number of halogens is 1. The van der Waals surface area contributed by atoms with Gasteiger partial charge in [-0.2, -0.15) is 11.1 Å². The Balaban J connectivity index is 1.14. The average molecular weight is 664 g/mol. The molecular weight excluding hydrogens is 608 g/mol. The molecule has 0 spiro atoms. The van der Waals surface area contributed by atoms with E-state index < -0.39 is 7.38 Å². The van der Waals surface area contributed by atoms with Crippen LogP contribution in [0.5, 0.6) is 0 Å². The van der Waals surface area contributed by atoms with Gasteiger partial charge in [-0.25, -0.2) is 0 Å². The van der Waals surface area contributed by atoms with Crippen LogP contribution in [0.2, 0.25) is 19.1 Å². The van der Waals surface area contributed by atoms with Gasteiger partial charge in [0.25, 0.3) is 0 Å². The summed E-state index contributed by atoms with van der Waals surface area (Å²) in [4.78, 5) is 5.45. The SMILES string of the molecule is CCCCCCc1ccc(-c2ccc(-c3ccc(-c4ccc(CCCCCCCCCCCC[Si](C)(C)Cl)cc4)s3)s2)cc1. The Bertz CT molecular complexity index is 1330. The number of unbranched alkanes of at least 4 members (excludes halogenated alkanes) is 12. The van der Waals surface area contributed by atoms with Crippen LogP contribution in [0.25, 0.3) is 30.6 Å². The lowest BCUT2D eigenvalue weighted by atomic mass is 10.0. The van der Waals surface area contributed by atoms with Crippen molar-refractivity contribution in [3.05, 3.63) is 83.9 Å². The molecule has 0 saturated carbocycles. The molecule has 2 aromatic carbocycles. The first-order valence-corrected chi connectivity index (χ1v) is 23.3. The maximum absolute atomic E-state index is 6.42. The predicted octanol–water partition coefficient (Wildman–Crippen LogP) is 14.8. The summed E-state index contributed by atoms with van der Waals surface area (Å²) in [6.07, 6.45) is 21.5. The van der Waals surface area contributed by atoms with Crippen LogP contribution >= 0.6 is 33.8 Å². The Hall–Kier alpha value is -1.65. The standard InChI is InChI=1S/C40H55ClS2Si/c1-4-5-6-15-18-33-20-24-35(25-21-33)37-28-30-39(42-37)40-31-29-38(43-40)36-26-22-34(23-27-36)19-16-13-11-9-7-8-10-12-14-17-32-44(2,3)41/h20-31H,4-19,32H2,1-3H3. The van der Waals surface area contributed by atoms with Crippen molar-refractivity contribution in [1.29, 1.82) is 0 Å². The summed E-state index contributed by atoms with van der Waals surface area (Å²) in [7, 11) is -1.35. The summed E-state index contributed by atoms with van der Waals surface area (Å²) < 4.78 is 0. The van der Waals surface area contributed by atoms with Gasteiger partial charge in [-0.05, 0) is 78.2 Å². The van der Waals surface area contributed by atoms with Gasteiger partial charge in [-0.3, -0.25) is 0 Å². The molecule has 238 valence electrons. The van der Waals surface area contributed by atoms with E-state index in [4.69, 9.17) is 11.1 Å². The highest BCUT2D eigenvalue weighted by atomic mass is 35.6. The number of hydrogen-bond acceptors (Lipinski definition) is 2. The van der Waals surface area contributed by atoms with E-state index >= 15 is 0 Å². The quantitative estimate of drug-likeness (QED) is 0.0473. The first kappa shape index (κ1) is 35.2. The highest BCUT2D eigenvalue weighted by Crippen LogP contribution is 2.40. The van der Waals surface area contributed by atoms with E-state index in [0.29, 0.717) is 0 Å². The zero-order valence-corrected chi connectivity index (χ0v) is 31.0. The van der Waals surface area contributed by atoms with E-state index in [2.05, 4.69) is 92.8 Å². The van der Waals surface area contributed by atoms with Gasteiger partial charge in [0.2, 0.25) is 0 Å². The highest BCUT2D eigenvalue weighted by Gasteiger charge is 2.15. The summed E-state index contributed by atoms with van der Waals surface area (Å²) in [5.41, 5.74) is 5.61. The summed E-state index contributed by atoms with van der Waals surface area (Å²) >= 11 is 10.2. The molecule has 0 atom stereocenters. The zero-order valence-electron chi connectivity index (χ0n) is 27.6. The average Bonchev–Trinajstić information content (AvgIpc) is 3.71. The normalized spacial score (nSPS) is 11.8. The minimum Gasteiger partial charge on any atom is -0.168 e. The van der Waals surface area contributed by atoms with Gasteiger partial charge in [-0.1, -0.05) is 146 Å². The number of aryl methyl sites for hydroxylation is 2. The lowest BCUT2D eigenvalue weighted by molar-refractivity contribution is 0.556. The third-order valence-electron chi connectivity index (χ3n) is 8.74. The Kier molecular flexibility index (Phi) is 15.3. The molecule has 0 unspecified atom stereocenters. The van der Waals surface area contributed by atoms with Crippen molar-refractivity contribution >= 4 is 41.1 Å². The maximum Gasteiger partial charge on any atom is 0.150 e. The highest BCUT2D eigenvalue weighted by molar-refractivity contribution is 7.25. The zero-order chi connectivity index (χ0) is 31.0. The molecule has 0 aliphatic heterocycles. The van der Waals surface area contributed by atoms with Gasteiger partial charge in [0.15, 0.2) is 0 Å². The lowest BCUT2D eigenvalue weighted by Gasteiger charge is -2.11. The predicted molar refractivity (Wildman–Crippen MR) is 204 cm³/mol. The van der Waals surface area contributed by atoms with Crippen LogP contribution in [0.15, 0.2) is 72.8 Å². The van der Waals surface area contributed by atoms with E-state index in [1.54, 1.807) is 0 Å². The molecule has 0 saturated heterocycles. The second-order valence-electron chi connectivity index (χ2n) is 13.3. The minimum atomic E-state index is -1.35. The van der Waals surface area contributed by atoms with E-state index in [1.807, 2.05) is 22.7 Å². The van der Waals surface area contributed by atoms with E-state index in [9.17, 15) is 0 Å². The van der Waals surface area contributed by atoms with Crippen molar-refractivity contribution in [1.82, 2.24) is 0 Å². The molecule has 4 heteroatoms. The largest absolute Gasteiger partial charge is 0.168 e. The molecule has 0 nitrogen and oxygen atoms in total. The fourth-order valence-electron chi connectivity index (χ4n) is 5.97. The number of benzene rings is 2. The molecule has 0 aliphatic carbocycles. The van der Waals surface area contributed by atoms with Gasteiger partial charge >= 0.3 is 0 Å². The molecular formula is C40H55ClS2Si. The topological polar surface area (TPSA) is 0 Å². The fourth-order valence-corrected chi connectivity index (χ4v) is 9.57. The second kappa shape index (κ2) is 19.1. The molecule has 2 heterocycles. The fraction of sp³-hybridized carbons (Fsp3) is 0.500. The van der Waals surface area contributed by atoms with Crippen molar-refractivity contribution in [3.8, 4) is 30.6 Å². The van der Waals surface area contributed by atoms with Crippen LogP contribution < -0.4 is 0 Å². The molecule has 0 aliphatic rings. The Morgan fingerprint density at radius 1 is 0.455 bits per heavy atom. The Labute approximate surface area is 283 Å². The molecule has 44 heavy (non-hydrogen) atoms. The molecule has 0 N–H and O–H groups in total. The molecule has 4 rings (SSSR count). The van der Waals surface area contributed by atoms with Crippen molar-refractivity contribution in [3.63, 3.8) is 0 Å². The number of rotatable bonds is 21. The summed E-state index contributed by atoms with van der Waals surface area (Å²) in [5.74, 6) is 0. The van der Waals surface area contributed by atoms with Crippen molar-refractivity contribution in [2.75, 3.05) is 0 Å². The van der Waals surface area contributed by atoms with E-state index in [1.165, 1.54) is 151 Å². The molecule has 0 amide bonds. The monoisotopic (exact) mass is 662 g/mol. The third-order valence-corrected chi connectivity index (χ3v) is 13.3. The van der Waals surface area contributed by atoms with Gasteiger partial charge in [0, 0.05) is 19.5 Å². The number of thiophene rings is 2. The molecule has 0 bridgehead atoms. The van der Waals surface area contributed by atoms with Crippen LogP contribution in [-0.4, -0.2) is 7.38 Å². The van der Waals surface area contributed by atoms with Crippen molar-refractivity contribution in [2.24, 2.45) is 0 Å². The van der Waals surface area contributed by atoms with Crippen molar-refractivity contribution < 1.29 is 0 Å². The molecule has 0 fully saturated rings. The van der Waals surface area contributed by atoms with E-state index in [0.717, 1.165) is 0 Å². The first-order valence-electron chi connectivity index (χ1n) is 17.5. The Morgan fingerprint density at radius 3 is 1.23 bits per heavy atom. The smallest absolute Gasteiger partial charge is 0.150 e. The van der Waals surface area contributed by atoms with Crippen LogP contribution in [0.3, 0.4) is 0 Å². The van der Waals surface area contributed by atoms with Crippen LogP contribution in [0.1, 0.15) is 108 Å². The van der Waals surface area contributed by atoms with Gasteiger partial charge in [-0.15, -0.1) is 22.7 Å². The van der Waals surface area contributed by atoms with Crippen LogP contribution in [-0.2, 0) is 12.8 Å². The van der Waals surface area contributed by atoms with Crippen LogP contribution in [0.4, 0.5) is 0 Å². The third kappa shape index (κ3) is 12.6. The minimum absolute atomic E-state index is 1.20. The summed E-state index contributed by atoms with van der Waals surface area (Å²) in [5, 5.41) is 0. The Morgan fingerprint density at radius 2 is 0.818 bits per heavy atom. The molecule has 4 aromatic rings. The summed E-state index contributed by atoms with van der Waals surface area (Å²) in [6, 6.07) is 29.1. The van der Waals surface area contributed by atoms with E-state index in [-0.39, 0.29) is 0 Å². The first-order chi connectivity index (χ1) is 21.4. The maximum atomic E-state index is 6.42. The van der Waals surface area contributed by atoms with Gasteiger partial charge in [0.05, 0.1) is 0 Å². The van der Waals surface area contributed by atoms with Crippen molar-refractivity contribution in [2.45, 2.75) is 129 Å². The molecule has 0 radical (unpaired) electrons. The molecule has 2 aromatic heterocycles. The van der Waals surface area contributed by atoms with Crippen LogP contribution in [0, 0.1) is 0 Å².